The van der Waals surface area contributed by atoms with Crippen LogP contribution in [0.4, 0.5) is 32.0 Å². The summed E-state index contributed by atoms with van der Waals surface area (Å²) in [5.41, 5.74) is -2.83. The van der Waals surface area contributed by atoms with E-state index in [2.05, 4.69) is 0 Å². The Labute approximate surface area is 195 Å². The van der Waals surface area contributed by atoms with Crippen molar-refractivity contribution in [1.29, 1.82) is 0 Å². The molecule has 0 aliphatic carbocycles. The van der Waals surface area contributed by atoms with E-state index in [0.29, 0.717) is 12.1 Å². The monoisotopic (exact) mass is 505 g/mol. The lowest BCUT2D eigenvalue weighted by molar-refractivity contribution is -0.107. The summed E-state index contributed by atoms with van der Waals surface area (Å²) in [7, 11) is 0. The summed E-state index contributed by atoms with van der Waals surface area (Å²) in [5, 5.41) is -1.23. The molecule has 1 aliphatic rings. The Morgan fingerprint density at radius 3 is 2.50 bits per heavy atom. The molecule has 0 saturated carbocycles. The summed E-state index contributed by atoms with van der Waals surface area (Å²) < 4.78 is 89.3. The van der Waals surface area contributed by atoms with Crippen LogP contribution in [0, 0.1) is 5.82 Å². The van der Waals surface area contributed by atoms with E-state index in [1.165, 1.54) is 13.0 Å². The van der Waals surface area contributed by atoms with E-state index in [1.54, 1.807) is 0 Å². The molecule has 0 radical (unpaired) electrons. The molecule has 34 heavy (non-hydrogen) atoms. The largest absolute Gasteiger partial charge is 0.491 e. The third kappa shape index (κ3) is 5.55. The van der Waals surface area contributed by atoms with Crippen LogP contribution in [0.3, 0.4) is 0 Å². The maximum absolute atomic E-state index is 14.8. The zero-order chi connectivity index (χ0) is 25.2. The van der Waals surface area contributed by atoms with E-state index in [9.17, 15) is 35.9 Å². The van der Waals surface area contributed by atoms with Crippen molar-refractivity contribution in [2.24, 2.45) is 0 Å². The van der Waals surface area contributed by atoms with Gasteiger partial charge in [0.1, 0.15) is 24.3 Å². The van der Waals surface area contributed by atoms with Crippen LogP contribution in [-0.2, 0) is 4.79 Å². The number of carbonyl (C=O) groups is 2. The zero-order valence-corrected chi connectivity index (χ0v) is 18.4. The molecule has 1 atom stereocenters. The summed E-state index contributed by atoms with van der Waals surface area (Å²) in [6.45, 7) is 0.185. The zero-order valence-electron chi connectivity index (χ0n) is 17.6. The number of hydrogen-bond donors (Lipinski definition) is 0. The van der Waals surface area contributed by atoms with Crippen molar-refractivity contribution in [3.05, 3.63) is 65.0 Å². The number of amides is 1. The van der Waals surface area contributed by atoms with Gasteiger partial charge in [-0.2, -0.15) is 0 Å². The number of hydrogen-bond acceptors (Lipinski definition) is 3. The number of ether oxygens (including phenoxy) is 1. The van der Waals surface area contributed by atoms with Gasteiger partial charge in [-0.05, 0) is 54.9 Å². The fraction of sp³-hybridized carbons (Fsp3) is 0.304. The smallest absolute Gasteiger partial charge is 0.275 e. The highest BCUT2D eigenvalue weighted by Crippen LogP contribution is 2.44. The average molecular weight is 506 g/mol. The van der Waals surface area contributed by atoms with Gasteiger partial charge in [0.15, 0.2) is 0 Å². The Hall–Kier alpha value is -3.01. The Kier molecular flexibility index (Phi) is 7.60. The van der Waals surface area contributed by atoms with Crippen molar-refractivity contribution in [1.82, 2.24) is 0 Å². The summed E-state index contributed by atoms with van der Waals surface area (Å²) in [6, 6.07) is 5.73. The maximum atomic E-state index is 14.8. The highest BCUT2D eigenvalue weighted by molar-refractivity contribution is 6.67. The van der Waals surface area contributed by atoms with Crippen LogP contribution < -0.4 is 9.64 Å². The van der Waals surface area contributed by atoms with E-state index < -0.39 is 77.3 Å². The van der Waals surface area contributed by atoms with Crippen LogP contribution in [0.15, 0.2) is 42.5 Å². The van der Waals surface area contributed by atoms with E-state index in [0.717, 1.165) is 29.2 Å². The molecule has 0 N–H and O–H groups in total. The number of fused-ring (bicyclic) bond motifs is 1. The first-order valence-electron chi connectivity index (χ1n) is 10.0. The van der Waals surface area contributed by atoms with Gasteiger partial charge in [0, 0.05) is 41.3 Å². The molecule has 3 rings (SSSR count). The molecule has 4 nitrogen and oxygen atoms in total. The molecule has 1 heterocycles. The predicted molar refractivity (Wildman–Crippen MR) is 114 cm³/mol. The molecule has 0 bridgehead atoms. The molecule has 1 amide bonds. The van der Waals surface area contributed by atoms with E-state index in [4.69, 9.17) is 16.3 Å². The van der Waals surface area contributed by atoms with Gasteiger partial charge in [-0.3, -0.25) is 9.59 Å². The average Bonchev–Trinajstić information content (AvgIpc) is 2.85. The van der Waals surface area contributed by atoms with Crippen molar-refractivity contribution in [2.75, 3.05) is 18.1 Å². The predicted octanol–water partition coefficient (Wildman–Crippen LogP) is 6.33. The molecule has 182 valence electrons. The molecule has 0 spiro atoms. The Balaban J connectivity index is 2.11. The quantitative estimate of drug-likeness (QED) is 0.262. The van der Waals surface area contributed by atoms with Gasteiger partial charge < -0.3 is 9.64 Å². The maximum Gasteiger partial charge on any atom is 0.275 e. The molecule has 1 aliphatic heterocycles. The molecular weight excluding hydrogens is 488 g/mol. The molecule has 2 aromatic rings. The minimum atomic E-state index is -3.67. The van der Waals surface area contributed by atoms with Crippen molar-refractivity contribution in [3.63, 3.8) is 0 Å². The van der Waals surface area contributed by atoms with Crippen LogP contribution in [0.2, 0.25) is 0 Å². The summed E-state index contributed by atoms with van der Waals surface area (Å²) in [5.74, 6) is -5.75. The number of allylic oxidation sites excluding steroid dienone is 2. The SMILES string of the molecule is C[C@@H](F)COc1ccc(C(=O)N2CCC(F)(F)/C(=C\C(=O)Cl)c3cc(F)ccc32)c(C(F)F)c1. The first kappa shape index (κ1) is 25.6. The third-order valence-corrected chi connectivity index (χ3v) is 5.16. The van der Waals surface area contributed by atoms with E-state index in [1.807, 2.05) is 0 Å². The second-order valence-electron chi connectivity index (χ2n) is 7.58. The molecule has 0 saturated heterocycles. The molecule has 0 fully saturated rings. The topological polar surface area (TPSA) is 46.6 Å². The van der Waals surface area contributed by atoms with Gasteiger partial charge in [-0.1, -0.05) is 0 Å². The lowest BCUT2D eigenvalue weighted by Crippen LogP contribution is -2.34. The lowest BCUT2D eigenvalue weighted by atomic mass is 9.97. The molecule has 11 heteroatoms. The van der Waals surface area contributed by atoms with Gasteiger partial charge in [0.25, 0.3) is 18.3 Å². The Morgan fingerprint density at radius 1 is 1.18 bits per heavy atom. The van der Waals surface area contributed by atoms with Crippen LogP contribution in [0.1, 0.15) is 41.3 Å². The van der Waals surface area contributed by atoms with Gasteiger partial charge in [0.05, 0.1) is 5.69 Å². The second kappa shape index (κ2) is 10.1. The van der Waals surface area contributed by atoms with Crippen molar-refractivity contribution in [3.8, 4) is 5.75 Å². The number of rotatable bonds is 6. The van der Waals surface area contributed by atoms with Gasteiger partial charge in [-0.25, -0.2) is 26.3 Å². The number of anilines is 1. The number of nitrogens with zero attached hydrogens (tertiary/aromatic N) is 1. The molecular formula is C23H18ClF6NO3. The molecule has 0 unspecified atom stereocenters. The summed E-state index contributed by atoms with van der Waals surface area (Å²) in [4.78, 5) is 25.4. The van der Waals surface area contributed by atoms with Gasteiger partial charge in [0.2, 0.25) is 5.24 Å². The number of carbonyl (C=O) groups excluding carboxylic acids is 2. The van der Waals surface area contributed by atoms with Crippen molar-refractivity contribution < 1.29 is 40.7 Å². The number of alkyl halides is 5. The first-order valence-corrected chi connectivity index (χ1v) is 10.4. The minimum Gasteiger partial charge on any atom is -0.491 e. The molecule has 2 aromatic carbocycles. The second-order valence-corrected chi connectivity index (χ2v) is 7.95. The minimum absolute atomic E-state index is 0.105. The standard InChI is InChI=1S/C23H18ClF6NO3/c1-12(25)11-34-14-3-4-15(16(9-14)21(27)28)22(33)31-7-6-23(29,30)18(10-20(24)32)17-8-13(26)2-5-19(17)31/h2-5,8-10,12,21H,6-7,11H2,1H3/b18-10-/t12-/m1/s1. The van der Waals surface area contributed by atoms with Crippen LogP contribution >= 0.6 is 11.6 Å². The first-order chi connectivity index (χ1) is 15.9. The number of benzene rings is 2. The lowest BCUT2D eigenvalue weighted by Gasteiger charge is -2.24. The van der Waals surface area contributed by atoms with Crippen molar-refractivity contribution in [2.45, 2.75) is 31.9 Å². The Bertz CT molecular complexity index is 1140. The van der Waals surface area contributed by atoms with Crippen LogP contribution in [-0.4, -0.2) is 36.4 Å². The fourth-order valence-electron chi connectivity index (χ4n) is 3.53. The third-order valence-electron chi connectivity index (χ3n) is 5.05. The molecule has 0 aromatic heterocycles. The fourth-order valence-corrected chi connectivity index (χ4v) is 3.64. The van der Waals surface area contributed by atoms with Crippen LogP contribution in [0.25, 0.3) is 5.57 Å². The Morgan fingerprint density at radius 2 is 1.88 bits per heavy atom. The highest BCUT2D eigenvalue weighted by Gasteiger charge is 2.42. The van der Waals surface area contributed by atoms with E-state index in [-0.39, 0.29) is 11.4 Å². The van der Waals surface area contributed by atoms with Gasteiger partial charge in [-0.15, -0.1) is 0 Å². The van der Waals surface area contributed by atoms with Crippen molar-refractivity contribution >= 4 is 34.0 Å². The van der Waals surface area contributed by atoms with Gasteiger partial charge >= 0.3 is 0 Å². The normalized spacial score (nSPS) is 17.3. The summed E-state index contributed by atoms with van der Waals surface area (Å²) in [6.07, 6.45) is -5.05. The highest BCUT2D eigenvalue weighted by atomic mass is 35.5. The van der Waals surface area contributed by atoms with Crippen LogP contribution in [0.5, 0.6) is 5.75 Å². The summed E-state index contributed by atoms with van der Waals surface area (Å²) >= 11 is 5.27. The van der Waals surface area contributed by atoms with E-state index >= 15 is 0 Å². The number of halogens is 7.